The number of rotatable bonds is 6. The van der Waals surface area contributed by atoms with Gasteiger partial charge in [0.25, 0.3) is 0 Å². The van der Waals surface area contributed by atoms with Gasteiger partial charge in [0.2, 0.25) is 0 Å². The van der Waals surface area contributed by atoms with E-state index < -0.39 is 12.1 Å². The molecule has 0 amide bonds. The minimum atomic E-state index is -1.20. The molecule has 5 nitrogen and oxygen atoms in total. The van der Waals surface area contributed by atoms with Crippen LogP contribution in [-0.2, 0) is 14.3 Å². The van der Waals surface area contributed by atoms with Gasteiger partial charge in [-0.3, -0.25) is 4.79 Å². The lowest BCUT2D eigenvalue weighted by Crippen LogP contribution is -2.45. The van der Waals surface area contributed by atoms with E-state index in [2.05, 4.69) is 0 Å². The average molecular weight is 217 g/mol. The van der Waals surface area contributed by atoms with Crippen molar-refractivity contribution in [3.63, 3.8) is 0 Å². The Kier molecular flexibility index (Phi) is 5.28. The Morgan fingerprint density at radius 1 is 1.33 bits per heavy atom. The quantitative estimate of drug-likeness (QED) is 0.429. The zero-order chi connectivity index (χ0) is 12.1. The van der Waals surface area contributed by atoms with Crippen LogP contribution in [-0.4, -0.2) is 50.2 Å². The molecule has 0 aliphatic carbocycles. The summed E-state index contributed by atoms with van der Waals surface area (Å²) < 4.78 is 5.55. The van der Waals surface area contributed by atoms with Crippen molar-refractivity contribution in [2.45, 2.75) is 25.9 Å². The van der Waals surface area contributed by atoms with Gasteiger partial charge in [0.1, 0.15) is 6.54 Å². The summed E-state index contributed by atoms with van der Waals surface area (Å²) in [6, 6.07) is 0. The highest BCUT2D eigenvalue weighted by Gasteiger charge is 2.21. The SMILES string of the molecule is CCC(=O)O[C@H](CC(=O)[O-])C[N+](C)(C)C. The Morgan fingerprint density at radius 2 is 1.87 bits per heavy atom. The van der Waals surface area contributed by atoms with Crippen LogP contribution < -0.4 is 5.11 Å². The van der Waals surface area contributed by atoms with Gasteiger partial charge in [-0.1, -0.05) is 6.92 Å². The number of hydrogen-bond acceptors (Lipinski definition) is 4. The third-order valence-electron chi connectivity index (χ3n) is 1.73. The van der Waals surface area contributed by atoms with E-state index in [4.69, 9.17) is 4.74 Å². The molecule has 0 aromatic heterocycles. The van der Waals surface area contributed by atoms with Crippen molar-refractivity contribution in [1.82, 2.24) is 0 Å². The van der Waals surface area contributed by atoms with Crippen LogP contribution in [0.1, 0.15) is 19.8 Å². The van der Waals surface area contributed by atoms with Gasteiger partial charge in [0.05, 0.1) is 21.1 Å². The summed E-state index contributed by atoms with van der Waals surface area (Å²) in [5.41, 5.74) is 0. The molecular formula is C10H19NO4. The van der Waals surface area contributed by atoms with Crippen molar-refractivity contribution < 1.29 is 23.9 Å². The summed E-state index contributed by atoms with van der Waals surface area (Å²) >= 11 is 0. The average Bonchev–Trinajstić information content (AvgIpc) is 1.99. The summed E-state index contributed by atoms with van der Waals surface area (Å²) in [5, 5.41) is 10.5. The largest absolute Gasteiger partial charge is 0.550 e. The van der Waals surface area contributed by atoms with Crippen molar-refractivity contribution >= 4 is 11.9 Å². The van der Waals surface area contributed by atoms with Crippen molar-refractivity contribution in [3.8, 4) is 0 Å². The molecule has 0 spiro atoms. The fourth-order valence-electron chi connectivity index (χ4n) is 1.21. The van der Waals surface area contributed by atoms with Crippen LogP contribution in [0.25, 0.3) is 0 Å². The molecule has 0 unspecified atom stereocenters. The zero-order valence-corrected chi connectivity index (χ0v) is 9.78. The number of carbonyl (C=O) groups excluding carboxylic acids is 2. The fourth-order valence-corrected chi connectivity index (χ4v) is 1.21. The maximum atomic E-state index is 11.0. The predicted molar refractivity (Wildman–Crippen MR) is 52.7 cm³/mol. The van der Waals surface area contributed by atoms with E-state index in [0.29, 0.717) is 11.0 Å². The van der Waals surface area contributed by atoms with Crippen LogP contribution in [0.2, 0.25) is 0 Å². The smallest absolute Gasteiger partial charge is 0.306 e. The van der Waals surface area contributed by atoms with Crippen molar-refractivity contribution in [1.29, 1.82) is 0 Å². The van der Waals surface area contributed by atoms with Gasteiger partial charge in [0, 0.05) is 18.8 Å². The topological polar surface area (TPSA) is 66.4 Å². The van der Waals surface area contributed by atoms with E-state index in [1.54, 1.807) is 6.92 Å². The van der Waals surface area contributed by atoms with Crippen LogP contribution in [0.4, 0.5) is 0 Å². The third kappa shape index (κ3) is 7.93. The molecule has 0 heterocycles. The Morgan fingerprint density at radius 3 is 2.20 bits per heavy atom. The number of carbonyl (C=O) groups is 2. The lowest BCUT2D eigenvalue weighted by molar-refractivity contribution is -0.873. The number of hydrogen-bond donors (Lipinski definition) is 0. The first kappa shape index (κ1) is 13.9. The Labute approximate surface area is 90.2 Å². The lowest BCUT2D eigenvalue weighted by atomic mass is 10.2. The summed E-state index contributed by atoms with van der Waals surface area (Å²) in [6.45, 7) is 2.13. The predicted octanol–water partition coefficient (Wildman–Crippen LogP) is -0.846. The number of quaternary nitrogens is 1. The molecule has 0 aliphatic rings. The molecule has 0 N–H and O–H groups in total. The number of aliphatic carboxylic acids is 1. The van der Waals surface area contributed by atoms with Crippen LogP contribution in [0.15, 0.2) is 0 Å². The normalized spacial score (nSPS) is 13.3. The summed E-state index contributed by atoms with van der Waals surface area (Å²) in [7, 11) is 5.71. The maximum absolute atomic E-state index is 11.0. The molecule has 0 aliphatic heterocycles. The number of esters is 1. The zero-order valence-electron chi connectivity index (χ0n) is 9.78. The standard InChI is InChI=1S/C10H19NO4/c1-5-10(14)15-8(6-9(12)13)7-11(2,3)4/h8H,5-7H2,1-4H3/t8-/m1/s1. The molecule has 0 aromatic carbocycles. The number of nitrogens with zero attached hydrogens (tertiary/aromatic N) is 1. The monoisotopic (exact) mass is 217 g/mol. The molecule has 0 rings (SSSR count). The van der Waals surface area contributed by atoms with Gasteiger partial charge < -0.3 is 19.1 Å². The lowest BCUT2D eigenvalue weighted by Gasteiger charge is -2.29. The molecule has 0 saturated heterocycles. The first-order valence-corrected chi connectivity index (χ1v) is 4.94. The van der Waals surface area contributed by atoms with E-state index in [1.807, 2.05) is 21.1 Å². The second-order valence-corrected chi connectivity index (χ2v) is 4.51. The van der Waals surface area contributed by atoms with E-state index >= 15 is 0 Å². The number of carboxylic acids is 1. The Bertz CT molecular complexity index is 232. The molecular weight excluding hydrogens is 198 g/mol. The summed E-state index contributed by atoms with van der Waals surface area (Å²) in [6.07, 6.45) is -0.607. The van der Waals surface area contributed by atoms with E-state index in [0.717, 1.165) is 0 Å². The maximum Gasteiger partial charge on any atom is 0.306 e. The molecule has 88 valence electrons. The van der Waals surface area contributed by atoms with E-state index in [9.17, 15) is 14.7 Å². The van der Waals surface area contributed by atoms with Gasteiger partial charge in [-0.05, 0) is 0 Å². The number of likely N-dealkylation sites (N-methyl/N-ethyl adjacent to an activating group) is 1. The first-order valence-electron chi connectivity index (χ1n) is 4.94. The van der Waals surface area contributed by atoms with Crippen molar-refractivity contribution in [2.75, 3.05) is 27.7 Å². The highest BCUT2D eigenvalue weighted by molar-refractivity contribution is 5.70. The van der Waals surface area contributed by atoms with Crippen LogP contribution in [0.3, 0.4) is 0 Å². The molecule has 0 fully saturated rings. The second kappa shape index (κ2) is 5.70. The molecule has 0 aromatic rings. The highest BCUT2D eigenvalue weighted by atomic mass is 16.5. The van der Waals surface area contributed by atoms with Crippen LogP contribution >= 0.6 is 0 Å². The molecule has 1 atom stereocenters. The summed E-state index contributed by atoms with van der Waals surface area (Å²) in [4.78, 5) is 21.5. The Hall–Kier alpha value is -1.10. The van der Waals surface area contributed by atoms with Crippen molar-refractivity contribution in [3.05, 3.63) is 0 Å². The van der Waals surface area contributed by atoms with Gasteiger partial charge in [-0.25, -0.2) is 0 Å². The first-order chi connectivity index (χ1) is 6.74. The van der Waals surface area contributed by atoms with Gasteiger partial charge in [-0.15, -0.1) is 0 Å². The third-order valence-corrected chi connectivity index (χ3v) is 1.73. The molecule has 0 radical (unpaired) electrons. The van der Waals surface area contributed by atoms with Crippen LogP contribution in [0, 0.1) is 0 Å². The highest BCUT2D eigenvalue weighted by Crippen LogP contribution is 2.05. The van der Waals surface area contributed by atoms with Gasteiger partial charge >= 0.3 is 5.97 Å². The molecule has 0 bridgehead atoms. The second-order valence-electron chi connectivity index (χ2n) is 4.51. The molecule has 0 saturated carbocycles. The van der Waals surface area contributed by atoms with E-state index in [-0.39, 0.29) is 18.8 Å². The minimum Gasteiger partial charge on any atom is -0.550 e. The molecule has 15 heavy (non-hydrogen) atoms. The van der Waals surface area contributed by atoms with Crippen LogP contribution in [0.5, 0.6) is 0 Å². The number of ether oxygens (including phenoxy) is 1. The minimum absolute atomic E-state index is 0.249. The molecule has 5 heteroatoms. The fraction of sp³-hybridized carbons (Fsp3) is 0.800. The van der Waals surface area contributed by atoms with E-state index in [1.165, 1.54) is 0 Å². The van der Waals surface area contributed by atoms with Gasteiger partial charge in [-0.2, -0.15) is 0 Å². The number of carboxylic acid groups (broad SMARTS) is 1. The Balaban J connectivity index is 4.31. The van der Waals surface area contributed by atoms with Gasteiger partial charge in [0.15, 0.2) is 6.10 Å². The summed E-state index contributed by atoms with van der Waals surface area (Å²) in [5.74, 6) is -1.58. The van der Waals surface area contributed by atoms with Crippen molar-refractivity contribution in [2.24, 2.45) is 0 Å².